The summed E-state index contributed by atoms with van der Waals surface area (Å²) in [5, 5.41) is 9.63. The van der Waals surface area contributed by atoms with Crippen LogP contribution in [0.15, 0.2) is 48.6 Å². The molecule has 2 atom stereocenters. The van der Waals surface area contributed by atoms with Gasteiger partial charge in [0.15, 0.2) is 12.1 Å². The number of likely N-dealkylation sites (N-methyl/N-ethyl adjacent to an activating group) is 1. The van der Waals surface area contributed by atoms with E-state index in [4.69, 9.17) is 14.2 Å². The third kappa shape index (κ3) is 38.6. The normalized spacial score (nSPS) is 13.4. The van der Waals surface area contributed by atoms with Gasteiger partial charge in [-0.15, -0.1) is 0 Å². The zero-order valence-electron chi connectivity index (χ0n) is 37.5. The number of allylic oxidation sites excluding steroid dienone is 8. The number of carbonyl (C=O) groups excluding carboxylic acids is 2. The standard InChI is InChI=1S/C49H87NO7/c1-6-8-10-12-14-16-18-20-22-23-24-26-28-30-32-34-36-38-40-48(52)57-45(43-55-42-41-46(49(53)54)50(3,4)5)44-56-47(51)39-37-35-33-31-29-27-25-21-19-17-15-13-11-9-7-2/h9,11,13,15,17,19,21,25,45-46H,6-8,10,12,14,16,18,20,22-24,26-44H2,1-5H3/p+1/b11-9+,15-13+,19-17+,25-21+. The number of unbranched alkanes of at least 4 members (excludes halogenated alkanes) is 22. The van der Waals surface area contributed by atoms with E-state index in [1.54, 1.807) is 0 Å². The van der Waals surface area contributed by atoms with Crippen molar-refractivity contribution in [3.05, 3.63) is 48.6 Å². The topological polar surface area (TPSA) is 99.1 Å². The highest BCUT2D eigenvalue weighted by Gasteiger charge is 2.31. The van der Waals surface area contributed by atoms with E-state index in [2.05, 4.69) is 38.2 Å². The molecule has 0 bridgehead atoms. The first-order chi connectivity index (χ1) is 27.6. The fraction of sp³-hybridized carbons (Fsp3) is 0.776. The maximum absolute atomic E-state index is 12.7. The van der Waals surface area contributed by atoms with Crippen molar-refractivity contribution in [3.63, 3.8) is 0 Å². The van der Waals surface area contributed by atoms with Crippen LogP contribution in [0.4, 0.5) is 0 Å². The Balaban J connectivity index is 4.32. The van der Waals surface area contributed by atoms with Crippen molar-refractivity contribution in [1.29, 1.82) is 0 Å². The molecule has 0 saturated carbocycles. The lowest BCUT2D eigenvalue weighted by atomic mass is 10.0. The zero-order valence-corrected chi connectivity index (χ0v) is 37.5. The Morgan fingerprint density at radius 3 is 1.46 bits per heavy atom. The average molecular weight is 803 g/mol. The molecular formula is C49H88NO7+. The van der Waals surface area contributed by atoms with Gasteiger partial charge in [0.2, 0.25) is 0 Å². The number of aliphatic carboxylic acids is 1. The number of nitrogens with zero attached hydrogens (tertiary/aromatic N) is 1. The summed E-state index contributed by atoms with van der Waals surface area (Å²) in [5.41, 5.74) is 0. The van der Waals surface area contributed by atoms with Gasteiger partial charge in [-0.3, -0.25) is 9.59 Å². The molecule has 0 aliphatic heterocycles. The smallest absolute Gasteiger partial charge is 0.362 e. The summed E-state index contributed by atoms with van der Waals surface area (Å²) in [7, 11) is 5.52. The summed E-state index contributed by atoms with van der Waals surface area (Å²) in [6.45, 7) is 4.59. The monoisotopic (exact) mass is 803 g/mol. The SMILES string of the molecule is CC/C=C/C=C/C=C/C=C/CCCCCCCC(=O)OCC(COCCC(C(=O)O)[N+](C)(C)C)OC(=O)CCCCCCCCCCCCCCCCCCCC. The van der Waals surface area contributed by atoms with Gasteiger partial charge >= 0.3 is 17.9 Å². The number of hydrogen-bond donors (Lipinski definition) is 1. The van der Waals surface area contributed by atoms with E-state index >= 15 is 0 Å². The van der Waals surface area contributed by atoms with Crippen molar-refractivity contribution >= 4 is 17.9 Å². The lowest BCUT2D eigenvalue weighted by Gasteiger charge is -2.31. The molecule has 0 saturated heterocycles. The van der Waals surface area contributed by atoms with Crippen LogP contribution in [0.2, 0.25) is 0 Å². The Kier molecular flexibility index (Phi) is 38.2. The van der Waals surface area contributed by atoms with Gasteiger partial charge < -0.3 is 23.8 Å². The molecule has 0 fully saturated rings. The Morgan fingerprint density at radius 1 is 0.544 bits per heavy atom. The maximum Gasteiger partial charge on any atom is 0.362 e. The third-order valence-electron chi connectivity index (χ3n) is 10.3. The molecule has 0 aliphatic rings. The van der Waals surface area contributed by atoms with Crippen LogP contribution in [0.5, 0.6) is 0 Å². The first-order valence-corrected chi connectivity index (χ1v) is 23.2. The fourth-order valence-electron chi connectivity index (χ4n) is 6.75. The van der Waals surface area contributed by atoms with Crippen LogP contribution in [0.1, 0.15) is 194 Å². The highest BCUT2D eigenvalue weighted by atomic mass is 16.6. The minimum absolute atomic E-state index is 0.0544. The number of quaternary nitrogens is 1. The average Bonchev–Trinajstić information content (AvgIpc) is 3.17. The summed E-state index contributed by atoms with van der Waals surface area (Å²) in [5.74, 6) is -1.49. The first-order valence-electron chi connectivity index (χ1n) is 23.2. The van der Waals surface area contributed by atoms with Crippen LogP contribution in [-0.2, 0) is 28.6 Å². The third-order valence-corrected chi connectivity index (χ3v) is 10.3. The van der Waals surface area contributed by atoms with Crippen LogP contribution >= 0.6 is 0 Å². The highest BCUT2D eigenvalue weighted by Crippen LogP contribution is 2.16. The predicted octanol–water partition coefficient (Wildman–Crippen LogP) is 12.8. The van der Waals surface area contributed by atoms with E-state index in [0.29, 0.717) is 19.3 Å². The molecule has 0 rings (SSSR count). The highest BCUT2D eigenvalue weighted by molar-refractivity contribution is 5.72. The molecule has 0 radical (unpaired) electrons. The fourth-order valence-corrected chi connectivity index (χ4v) is 6.75. The van der Waals surface area contributed by atoms with Crippen molar-refractivity contribution in [2.45, 2.75) is 206 Å². The second-order valence-corrected chi connectivity index (χ2v) is 16.7. The van der Waals surface area contributed by atoms with Gasteiger partial charge in [-0.1, -0.05) is 191 Å². The summed E-state index contributed by atoms with van der Waals surface area (Å²) in [4.78, 5) is 37.0. The maximum atomic E-state index is 12.7. The summed E-state index contributed by atoms with van der Waals surface area (Å²) in [6, 6.07) is -0.618. The minimum atomic E-state index is -0.878. The molecule has 1 N–H and O–H groups in total. The molecular weight excluding hydrogens is 715 g/mol. The van der Waals surface area contributed by atoms with Crippen LogP contribution in [0.3, 0.4) is 0 Å². The van der Waals surface area contributed by atoms with Crippen molar-refractivity contribution in [1.82, 2.24) is 0 Å². The molecule has 0 aromatic heterocycles. The Morgan fingerprint density at radius 2 is 0.982 bits per heavy atom. The van der Waals surface area contributed by atoms with Gasteiger partial charge in [-0.25, -0.2) is 4.79 Å². The van der Waals surface area contributed by atoms with Gasteiger partial charge in [-0.05, 0) is 32.1 Å². The second-order valence-electron chi connectivity index (χ2n) is 16.7. The molecule has 330 valence electrons. The summed E-state index contributed by atoms with van der Waals surface area (Å²) >= 11 is 0. The van der Waals surface area contributed by atoms with Crippen LogP contribution in [0, 0.1) is 0 Å². The summed E-state index contributed by atoms with van der Waals surface area (Å²) in [6.07, 6.45) is 47.2. The van der Waals surface area contributed by atoms with Crippen molar-refractivity contribution in [3.8, 4) is 0 Å². The van der Waals surface area contributed by atoms with E-state index in [-0.39, 0.29) is 36.2 Å². The van der Waals surface area contributed by atoms with Gasteiger partial charge in [0.05, 0.1) is 34.4 Å². The van der Waals surface area contributed by atoms with Gasteiger partial charge in [0.25, 0.3) is 0 Å². The number of carbonyl (C=O) groups is 3. The van der Waals surface area contributed by atoms with Crippen molar-refractivity contribution < 1.29 is 38.2 Å². The number of carboxylic acids is 1. The molecule has 0 spiro atoms. The molecule has 0 aliphatic carbocycles. The first kappa shape index (κ1) is 54.3. The lowest BCUT2D eigenvalue weighted by Crippen LogP contribution is -2.50. The van der Waals surface area contributed by atoms with E-state index in [9.17, 15) is 19.5 Å². The quantitative estimate of drug-likeness (QED) is 0.0284. The van der Waals surface area contributed by atoms with Crippen LogP contribution in [0.25, 0.3) is 0 Å². The van der Waals surface area contributed by atoms with Gasteiger partial charge in [-0.2, -0.15) is 0 Å². The second kappa shape index (κ2) is 40.1. The Labute approximate surface area is 350 Å². The number of esters is 2. The number of rotatable bonds is 41. The van der Waals surface area contributed by atoms with E-state index < -0.39 is 18.1 Å². The number of ether oxygens (including phenoxy) is 3. The van der Waals surface area contributed by atoms with E-state index in [0.717, 1.165) is 64.2 Å². The van der Waals surface area contributed by atoms with E-state index in [1.807, 2.05) is 45.4 Å². The molecule has 0 aromatic carbocycles. The molecule has 8 nitrogen and oxygen atoms in total. The van der Waals surface area contributed by atoms with Gasteiger partial charge in [0, 0.05) is 19.3 Å². The van der Waals surface area contributed by atoms with Gasteiger partial charge in [0.1, 0.15) is 6.61 Å². The minimum Gasteiger partial charge on any atom is -0.477 e. The molecule has 0 heterocycles. The van der Waals surface area contributed by atoms with Crippen molar-refractivity contribution in [2.24, 2.45) is 0 Å². The van der Waals surface area contributed by atoms with E-state index in [1.165, 1.54) is 96.3 Å². The van der Waals surface area contributed by atoms with Crippen LogP contribution < -0.4 is 0 Å². The molecule has 57 heavy (non-hydrogen) atoms. The molecule has 8 heteroatoms. The zero-order chi connectivity index (χ0) is 42.1. The lowest BCUT2D eigenvalue weighted by molar-refractivity contribution is -0.887. The molecule has 2 unspecified atom stereocenters. The predicted molar refractivity (Wildman–Crippen MR) is 238 cm³/mol. The number of hydrogen-bond acceptors (Lipinski definition) is 6. The largest absolute Gasteiger partial charge is 0.477 e. The molecule has 0 amide bonds. The summed E-state index contributed by atoms with van der Waals surface area (Å²) < 4.78 is 17.3. The molecule has 0 aromatic rings. The Hall–Kier alpha value is -2.71. The Bertz CT molecular complexity index is 1070. The number of carboxylic acid groups (broad SMARTS) is 1. The van der Waals surface area contributed by atoms with Crippen molar-refractivity contribution in [2.75, 3.05) is 41.0 Å². The van der Waals surface area contributed by atoms with Crippen LogP contribution in [-0.4, -0.2) is 80.6 Å².